The van der Waals surface area contributed by atoms with Crippen molar-refractivity contribution in [3.63, 3.8) is 0 Å². The molecule has 0 spiro atoms. The van der Waals surface area contributed by atoms with Gasteiger partial charge in [0, 0.05) is 22.5 Å². The molecule has 1 aliphatic rings. The second kappa shape index (κ2) is 5.06. The van der Waals surface area contributed by atoms with Crippen LogP contribution in [0, 0.1) is 5.92 Å². The molecule has 3 unspecified atom stereocenters. The summed E-state index contributed by atoms with van der Waals surface area (Å²) in [4.78, 5) is 11.6. The van der Waals surface area contributed by atoms with Crippen LogP contribution in [0.2, 0.25) is 0 Å². The van der Waals surface area contributed by atoms with Crippen LogP contribution in [0.15, 0.2) is 0 Å². The minimum absolute atomic E-state index is 0.141. The molecular formula is C11H20O2S. The molecule has 2 nitrogen and oxygen atoms in total. The zero-order chi connectivity index (χ0) is 10.7. The maximum Gasteiger partial charge on any atom is 0.148 e. The van der Waals surface area contributed by atoms with Gasteiger partial charge in [0.05, 0.1) is 5.25 Å². The van der Waals surface area contributed by atoms with Gasteiger partial charge in [0.25, 0.3) is 0 Å². The molecule has 1 rings (SSSR count). The molecule has 0 radical (unpaired) electrons. The Morgan fingerprint density at radius 2 is 1.93 bits per heavy atom. The van der Waals surface area contributed by atoms with Gasteiger partial charge in [-0.05, 0) is 18.8 Å². The molecule has 0 amide bonds. The number of rotatable bonds is 3. The second-order valence-corrected chi connectivity index (χ2v) is 6.45. The SMILES string of the molecule is CC(C)C(C)S(=O)C1CCCCC1=O. The van der Waals surface area contributed by atoms with E-state index in [1.807, 2.05) is 6.92 Å². The maximum atomic E-state index is 12.0. The van der Waals surface area contributed by atoms with Gasteiger partial charge in [0.15, 0.2) is 0 Å². The van der Waals surface area contributed by atoms with Gasteiger partial charge in [-0.25, -0.2) is 0 Å². The summed E-state index contributed by atoms with van der Waals surface area (Å²) in [5.74, 6) is 0.618. The Morgan fingerprint density at radius 3 is 2.43 bits per heavy atom. The predicted octanol–water partition coefficient (Wildman–Crippen LogP) is 2.29. The Bertz CT molecular complexity index is 235. The van der Waals surface area contributed by atoms with Gasteiger partial charge < -0.3 is 0 Å². The van der Waals surface area contributed by atoms with Crippen LogP contribution >= 0.6 is 0 Å². The first-order valence-electron chi connectivity index (χ1n) is 5.46. The van der Waals surface area contributed by atoms with Crippen molar-refractivity contribution < 1.29 is 9.00 Å². The average Bonchev–Trinajstić information content (AvgIpc) is 2.16. The fourth-order valence-electron chi connectivity index (χ4n) is 1.72. The van der Waals surface area contributed by atoms with Crippen LogP contribution in [0.5, 0.6) is 0 Å². The quantitative estimate of drug-likeness (QED) is 0.725. The zero-order valence-electron chi connectivity index (χ0n) is 9.29. The number of hydrogen-bond acceptors (Lipinski definition) is 2. The standard InChI is InChI=1S/C11H20O2S/c1-8(2)9(3)14(13)11-7-5-4-6-10(11)12/h8-9,11H,4-7H2,1-3H3. The fraction of sp³-hybridized carbons (Fsp3) is 0.909. The third kappa shape index (κ3) is 2.66. The Labute approximate surface area is 88.9 Å². The minimum atomic E-state index is -0.961. The van der Waals surface area contributed by atoms with Gasteiger partial charge in [-0.15, -0.1) is 0 Å². The summed E-state index contributed by atoms with van der Waals surface area (Å²) in [5, 5.41) is -0.0248. The summed E-state index contributed by atoms with van der Waals surface area (Å²) in [5.41, 5.74) is 0. The van der Waals surface area contributed by atoms with Gasteiger partial charge in [-0.3, -0.25) is 9.00 Å². The van der Waals surface area contributed by atoms with E-state index in [1.54, 1.807) is 0 Å². The van der Waals surface area contributed by atoms with E-state index in [-0.39, 0.29) is 16.3 Å². The normalized spacial score (nSPS) is 27.7. The third-order valence-electron chi connectivity index (χ3n) is 3.08. The Kier molecular flexibility index (Phi) is 4.30. The molecule has 0 aromatic carbocycles. The summed E-state index contributed by atoms with van der Waals surface area (Å²) in [6.07, 6.45) is 3.53. The van der Waals surface area contributed by atoms with E-state index < -0.39 is 10.8 Å². The monoisotopic (exact) mass is 216 g/mol. The molecule has 0 aromatic heterocycles. The van der Waals surface area contributed by atoms with E-state index >= 15 is 0 Å². The highest BCUT2D eigenvalue weighted by molar-refractivity contribution is 7.87. The van der Waals surface area contributed by atoms with Gasteiger partial charge in [0.1, 0.15) is 5.78 Å². The van der Waals surface area contributed by atoms with Gasteiger partial charge in [-0.2, -0.15) is 0 Å². The van der Waals surface area contributed by atoms with E-state index in [1.165, 1.54) is 0 Å². The van der Waals surface area contributed by atoms with E-state index in [0.717, 1.165) is 19.3 Å². The van der Waals surface area contributed by atoms with E-state index in [0.29, 0.717) is 12.3 Å². The van der Waals surface area contributed by atoms with Crippen molar-refractivity contribution in [3.8, 4) is 0 Å². The number of Topliss-reactive ketones (excluding diaryl/α,β-unsaturated/α-hetero) is 1. The van der Waals surface area contributed by atoms with Gasteiger partial charge in [0.2, 0.25) is 0 Å². The summed E-state index contributed by atoms with van der Waals surface area (Å²) < 4.78 is 12.0. The minimum Gasteiger partial charge on any atom is -0.298 e. The first-order chi connectivity index (χ1) is 6.54. The zero-order valence-corrected chi connectivity index (χ0v) is 10.1. The molecule has 1 aliphatic carbocycles. The molecule has 0 heterocycles. The average molecular weight is 216 g/mol. The number of carbonyl (C=O) groups excluding carboxylic acids is 1. The number of hydrogen-bond donors (Lipinski definition) is 0. The van der Waals surface area contributed by atoms with Crippen LogP contribution in [0.4, 0.5) is 0 Å². The smallest absolute Gasteiger partial charge is 0.148 e. The number of ketones is 1. The van der Waals surface area contributed by atoms with E-state index in [2.05, 4.69) is 13.8 Å². The summed E-state index contributed by atoms with van der Waals surface area (Å²) in [6, 6.07) is 0. The molecular weight excluding hydrogens is 196 g/mol. The molecule has 1 saturated carbocycles. The van der Waals surface area contributed by atoms with Crippen LogP contribution in [0.1, 0.15) is 46.5 Å². The highest BCUT2D eigenvalue weighted by Gasteiger charge is 2.31. The summed E-state index contributed by atoms with van der Waals surface area (Å²) >= 11 is 0. The lowest BCUT2D eigenvalue weighted by Gasteiger charge is -2.24. The third-order valence-corrected chi connectivity index (χ3v) is 5.42. The summed E-state index contributed by atoms with van der Waals surface area (Å²) in [7, 11) is -0.961. The molecule has 3 heteroatoms. The first-order valence-corrected chi connectivity index (χ1v) is 6.73. The van der Waals surface area contributed by atoms with Crippen molar-refractivity contribution in [2.24, 2.45) is 5.92 Å². The molecule has 1 fully saturated rings. The topological polar surface area (TPSA) is 34.1 Å². The van der Waals surface area contributed by atoms with Crippen molar-refractivity contribution in [3.05, 3.63) is 0 Å². The Hall–Kier alpha value is -0.180. The van der Waals surface area contributed by atoms with Crippen LogP contribution in [-0.2, 0) is 15.6 Å². The largest absolute Gasteiger partial charge is 0.298 e. The summed E-state index contributed by atoms with van der Waals surface area (Å²) in [6.45, 7) is 6.12. The maximum absolute atomic E-state index is 12.0. The molecule has 0 bridgehead atoms. The van der Waals surface area contributed by atoms with Crippen LogP contribution in [0.25, 0.3) is 0 Å². The van der Waals surface area contributed by atoms with Crippen molar-refractivity contribution in [2.75, 3.05) is 0 Å². The molecule has 82 valence electrons. The molecule has 3 atom stereocenters. The highest BCUT2D eigenvalue weighted by Crippen LogP contribution is 2.23. The molecule has 0 aromatic rings. The van der Waals surface area contributed by atoms with Crippen LogP contribution in [0.3, 0.4) is 0 Å². The Morgan fingerprint density at radius 1 is 1.29 bits per heavy atom. The predicted molar refractivity (Wildman–Crippen MR) is 59.7 cm³/mol. The van der Waals surface area contributed by atoms with Crippen molar-refractivity contribution in [1.82, 2.24) is 0 Å². The fourth-order valence-corrected chi connectivity index (χ4v) is 3.55. The van der Waals surface area contributed by atoms with Crippen LogP contribution < -0.4 is 0 Å². The molecule has 0 saturated heterocycles. The van der Waals surface area contributed by atoms with Crippen molar-refractivity contribution in [2.45, 2.75) is 57.0 Å². The first kappa shape index (κ1) is 11.9. The lowest BCUT2D eigenvalue weighted by atomic mass is 9.99. The van der Waals surface area contributed by atoms with Crippen molar-refractivity contribution >= 4 is 16.6 Å². The molecule has 14 heavy (non-hydrogen) atoms. The van der Waals surface area contributed by atoms with E-state index in [9.17, 15) is 9.00 Å². The van der Waals surface area contributed by atoms with Crippen molar-refractivity contribution in [1.29, 1.82) is 0 Å². The van der Waals surface area contributed by atoms with Crippen LogP contribution in [-0.4, -0.2) is 20.5 Å². The molecule has 0 aliphatic heterocycles. The highest BCUT2D eigenvalue weighted by atomic mass is 32.2. The van der Waals surface area contributed by atoms with E-state index in [4.69, 9.17) is 0 Å². The molecule has 0 N–H and O–H groups in total. The second-order valence-electron chi connectivity index (χ2n) is 4.48. The number of carbonyl (C=O) groups is 1. The lowest BCUT2D eigenvalue weighted by Crippen LogP contribution is -2.35. The van der Waals surface area contributed by atoms with Gasteiger partial charge >= 0.3 is 0 Å². The Balaban J connectivity index is 2.63. The lowest BCUT2D eigenvalue weighted by molar-refractivity contribution is -0.119. The van der Waals surface area contributed by atoms with Gasteiger partial charge in [-0.1, -0.05) is 27.2 Å².